The molecule has 0 atom stereocenters. The first-order chi connectivity index (χ1) is 22.3. The fraction of sp³-hybridized carbons (Fsp3) is 0. The summed E-state index contributed by atoms with van der Waals surface area (Å²) in [5.41, 5.74) is 4.04. The Morgan fingerprint density at radius 1 is 0.267 bits per heavy atom. The lowest BCUT2D eigenvalue weighted by molar-refractivity contribution is 1.84. The summed E-state index contributed by atoms with van der Waals surface area (Å²) in [6, 6.07) is 33.9. The summed E-state index contributed by atoms with van der Waals surface area (Å²) >= 11 is 16.8. The van der Waals surface area contributed by atoms with Gasteiger partial charge in [-0.1, -0.05) is 24.3 Å². The zero-order chi connectivity index (χ0) is 29.7. The van der Waals surface area contributed by atoms with Crippen LogP contribution in [0.15, 0.2) is 118 Å². The van der Waals surface area contributed by atoms with E-state index >= 15 is 0 Å². The van der Waals surface area contributed by atoms with Gasteiger partial charge in [0.05, 0.1) is 14.6 Å². The van der Waals surface area contributed by atoms with Gasteiger partial charge in [-0.05, 0) is 93.6 Å². The van der Waals surface area contributed by atoms with E-state index in [1.807, 2.05) is 102 Å². The Balaban J connectivity index is 1.05. The summed E-state index contributed by atoms with van der Waals surface area (Å²) in [5.74, 6) is 0. The van der Waals surface area contributed by atoms with E-state index in [1.54, 1.807) is 0 Å². The maximum atomic E-state index is 2.40. The van der Waals surface area contributed by atoms with Crippen LogP contribution in [0.4, 0.5) is 0 Å². The molecule has 0 saturated heterocycles. The van der Waals surface area contributed by atoms with Gasteiger partial charge in [-0.25, -0.2) is 0 Å². The molecule has 9 heteroatoms. The van der Waals surface area contributed by atoms with Crippen LogP contribution < -0.4 is 0 Å². The van der Waals surface area contributed by atoms with Crippen molar-refractivity contribution in [2.45, 2.75) is 0 Å². The molecule has 0 amide bonds. The highest BCUT2D eigenvalue weighted by molar-refractivity contribution is 7.30. The molecule has 9 rings (SSSR count). The molecule has 0 fully saturated rings. The van der Waals surface area contributed by atoms with Crippen molar-refractivity contribution in [2.24, 2.45) is 0 Å². The van der Waals surface area contributed by atoms with E-state index in [-0.39, 0.29) is 0 Å². The second kappa shape index (κ2) is 12.2. The number of rotatable bonds is 8. The van der Waals surface area contributed by atoms with Crippen molar-refractivity contribution in [3.8, 4) is 80.1 Å². The third-order valence-corrected chi connectivity index (χ3v) is 17.2. The zero-order valence-electron chi connectivity index (χ0n) is 23.2. The third-order valence-electron chi connectivity index (χ3n) is 7.38. The lowest BCUT2D eigenvalue weighted by Gasteiger charge is -1.99. The van der Waals surface area contributed by atoms with Crippen molar-refractivity contribution >= 4 is 102 Å². The van der Waals surface area contributed by atoms with Gasteiger partial charge in [-0.15, -0.1) is 102 Å². The molecule has 0 aliphatic rings. The summed E-state index contributed by atoms with van der Waals surface area (Å²) in [7, 11) is 0. The van der Waals surface area contributed by atoms with Gasteiger partial charge < -0.3 is 0 Å². The van der Waals surface area contributed by atoms with Gasteiger partial charge in [-0.3, -0.25) is 0 Å². The molecular weight excluding hydrogens is 721 g/mol. The molecule has 9 aromatic rings. The average Bonchev–Trinajstić information content (AvgIpc) is 3.94. The first kappa shape index (κ1) is 28.5. The maximum absolute atomic E-state index is 2.40. The number of hydrogen-bond donors (Lipinski definition) is 0. The van der Waals surface area contributed by atoms with Crippen LogP contribution in [-0.2, 0) is 0 Å². The normalized spacial score (nSPS) is 11.6. The largest absolute Gasteiger partial charge is 0.144 e. The Kier molecular flexibility index (Phi) is 7.70. The van der Waals surface area contributed by atoms with Crippen LogP contribution >= 0.6 is 102 Å². The van der Waals surface area contributed by atoms with Crippen molar-refractivity contribution in [2.75, 3.05) is 0 Å². The quantitative estimate of drug-likeness (QED) is 0.146. The predicted molar refractivity (Wildman–Crippen MR) is 211 cm³/mol. The van der Waals surface area contributed by atoms with Gasteiger partial charge in [0.2, 0.25) is 0 Å². The van der Waals surface area contributed by atoms with Crippen LogP contribution in [0.25, 0.3) is 80.1 Å². The highest BCUT2D eigenvalue weighted by Crippen LogP contribution is 2.51. The summed E-state index contributed by atoms with van der Waals surface area (Å²) < 4.78 is 0. The second-order valence-corrected chi connectivity index (χ2v) is 19.1. The molecule has 0 N–H and O–H groups in total. The standard InChI is InChI=1S/C36H20S9/c1-5-24(37-14-1)22-19-32(44-35(22)29-7-3-16-39-29)27-10-9-26(42-27)21-13-18-41-34(21)31-12-11-28(43-31)33-20-23(25-6-2-15-38-25)36(45-33)30-8-4-17-40-30/h1-20H. The van der Waals surface area contributed by atoms with Gasteiger partial charge in [0, 0.05) is 65.5 Å². The first-order valence-corrected chi connectivity index (χ1v) is 21.7. The Morgan fingerprint density at radius 3 is 1.24 bits per heavy atom. The minimum Gasteiger partial charge on any atom is -0.144 e. The van der Waals surface area contributed by atoms with Gasteiger partial charge in [0.25, 0.3) is 0 Å². The fourth-order valence-electron chi connectivity index (χ4n) is 5.34. The van der Waals surface area contributed by atoms with Crippen molar-refractivity contribution in [1.29, 1.82) is 0 Å². The van der Waals surface area contributed by atoms with Crippen LogP contribution in [0.5, 0.6) is 0 Å². The third kappa shape index (κ3) is 5.34. The minimum atomic E-state index is 1.33. The average molecular weight is 741 g/mol. The lowest BCUT2D eigenvalue weighted by atomic mass is 10.1. The summed E-state index contributed by atoms with van der Waals surface area (Å²) in [6.07, 6.45) is 0. The SMILES string of the molecule is c1csc(-c2cc(-c3ccc(-c4ccsc4-c4ccc(-c5cc(-c6cccs6)c(-c6cccs6)s5)s4)s3)sc2-c2cccs2)c1. The van der Waals surface area contributed by atoms with Crippen LogP contribution in [0.1, 0.15) is 0 Å². The van der Waals surface area contributed by atoms with E-state index < -0.39 is 0 Å². The molecule has 0 unspecified atom stereocenters. The molecule has 9 heterocycles. The van der Waals surface area contributed by atoms with Gasteiger partial charge in [0.15, 0.2) is 0 Å². The fourth-order valence-corrected chi connectivity index (χ4v) is 14.4. The van der Waals surface area contributed by atoms with E-state index in [1.165, 1.54) is 80.1 Å². The highest BCUT2D eigenvalue weighted by Gasteiger charge is 2.20. The van der Waals surface area contributed by atoms with E-state index in [9.17, 15) is 0 Å². The van der Waals surface area contributed by atoms with E-state index in [4.69, 9.17) is 0 Å². The Bertz CT molecular complexity index is 2040. The van der Waals surface area contributed by atoms with E-state index in [0.29, 0.717) is 0 Å². The van der Waals surface area contributed by atoms with Gasteiger partial charge in [0.1, 0.15) is 0 Å². The van der Waals surface area contributed by atoms with Crippen molar-refractivity contribution in [1.82, 2.24) is 0 Å². The van der Waals surface area contributed by atoms with Crippen LogP contribution in [0, 0.1) is 0 Å². The number of thiophene rings is 9. The molecule has 9 aromatic heterocycles. The summed E-state index contributed by atoms with van der Waals surface area (Å²) in [4.78, 5) is 17.5. The molecule has 218 valence electrons. The van der Waals surface area contributed by atoms with Crippen LogP contribution in [0.2, 0.25) is 0 Å². The molecular formula is C36H20S9. The molecule has 0 nitrogen and oxygen atoms in total. The molecule has 0 aliphatic heterocycles. The Morgan fingerprint density at radius 2 is 0.733 bits per heavy atom. The first-order valence-electron chi connectivity index (χ1n) is 14.0. The molecule has 0 aromatic carbocycles. The predicted octanol–water partition coefficient (Wildman–Crippen LogP) is 15.6. The van der Waals surface area contributed by atoms with Gasteiger partial charge >= 0.3 is 0 Å². The molecule has 0 spiro atoms. The van der Waals surface area contributed by atoms with Crippen LogP contribution in [0.3, 0.4) is 0 Å². The molecule has 0 radical (unpaired) electrons. The van der Waals surface area contributed by atoms with E-state index in [2.05, 4.69) is 118 Å². The topological polar surface area (TPSA) is 0 Å². The molecule has 0 aliphatic carbocycles. The van der Waals surface area contributed by atoms with E-state index in [0.717, 1.165) is 0 Å². The van der Waals surface area contributed by atoms with Crippen molar-refractivity contribution < 1.29 is 0 Å². The monoisotopic (exact) mass is 740 g/mol. The second-order valence-electron chi connectivity index (χ2n) is 10.1. The van der Waals surface area contributed by atoms with Crippen molar-refractivity contribution in [3.63, 3.8) is 0 Å². The Hall–Kier alpha value is -2.70. The van der Waals surface area contributed by atoms with Gasteiger partial charge in [-0.2, -0.15) is 0 Å². The highest BCUT2D eigenvalue weighted by atomic mass is 32.1. The maximum Gasteiger partial charge on any atom is 0.0536 e. The van der Waals surface area contributed by atoms with Crippen LogP contribution in [-0.4, -0.2) is 0 Å². The summed E-state index contributed by atoms with van der Waals surface area (Å²) in [6.45, 7) is 0. The zero-order valence-corrected chi connectivity index (χ0v) is 30.6. The minimum absolute atomic E-state index is 1.33. The smallest absolute Gasteiger partial charge is 0.0536 e. The number of hydrogen-bond acceptors (Lipinski definition) is 9. The molecule has 0 saturated carbocycles. The lowest BCUT2D eigenvalue weighted by Crippen LogP contribution is -1.70. The summed E-state index contributed by atoms with van der Waals surface area (Å²) in [5, 5.41) is 10.9. The Labute approximate surface area is 297 Å². The van der Waals surface area contributed by atoms with Crippen molar-refractivity contribution in [3.05, 3.63) is 118 Å². The molecule has 45 heavy (non-hydrogen) atoms. The molecule has 0 bridgehead atoms.